The minimum atomic E-state index is -0.426. The van der Waals surface area contributed by atoms with Crippen LogP contribution in [0, 0.1) is 5.92 Å². The predicted octanol–water partition coefficient (Wildman–Crippen LogP) is 3.93. The summed E-state index contributed by atoms with van der Waals surface area (Å²) in [4.78, 5) is 12.1. The zero-order valence-electron chi connectivity index (χ0n) is 14.0. The third-order valence-corrected chi connectivity index (χ3v) is 4.43. The van der Waals surface area contributed by atoms with Gasteiger partial charge in [0.05, 0.1) is 26.4 Å². The van der Waals surface area contributed by atoms with Gasteiger partial charge in [0.2, 0.25) is 5.75 Å². The van der Waals surface area contributed by atoms with Gasteiger partial charge in [0.25, 0.3) is 0 Å². The van der Waals surface area contributed by atoms with E-state index >= 15 is 0 Å². The summed E-state index contributed by atoms with van der Waals surface area (Å²) in [6.45, 7) is 0.418. The number of hydrogen-bond donors (Lipinski definition) is 1. The first kappa shape index (κ1) is 17.4. The molecule has 23 heavy (non-hydrogen) atoms. The molecule has 0 amide bonds. The zero-order valence-corrected chi connectivity index (χ0v) is 14.0. The molecule has 2 rings (SSSR count). The van der Waals surface area contributed by atoms with Gasteiger partial charge in [-0.15, -0.1) is 0 Å². The van der Waals surface area contributed by atoms with E-state index in [-0.39, 0.29) is 17.2 Å². The van der Waals surface area contributed by atoms with E-state index in [1.165, 1.54) is 58.5 Å². The molecule has 0 atom stereocenters. The summed E-state index contributed by atoms with van der Waals surface area (Å²) in [6, 6.07) is 2.92. The Balaban J connectivity index is 1.85. The highest BCUT2D eigenvalue weighted by Gasteiger charge is 2.17. The van der Waals surface area contributed by atoms with Crippen molar-refractivity contribution in [1.29, 1.82) is 0 Å². The Morgan fingerprint density at radius 1 is 1.13 bits per heavy atom. The van der Waals surface area contributed by atoms with Crippen LogP contribution in [-0.2, 0) is 4.74 Å². The second-order valence-electron chi connectivity index (χ2n) is 6.01. The molecule has 0 radical (unpaired) electrons. The fourth-order valence-electron chi connectivity index (χ4n) is 3.11. The Morgan fingerprint density at radius 3 is 2.30 bits per heavy atom. The number of rotatable bonds is 7. The van der Waals surface area contributed by atoms with Crippen LogP contribution in [0.4, 0.5) is 0 Å². The maximum atomic E-state index is 12.1. The van der Waals surface area contributed by atoms with E-state index in [9.17, 15) is 9.90 Å². The first-order valence-corrected chi connectivity index (χ1v) is 8.27. The maximum Gasteiger partial charge on any atom is 0.338 e. The fraction of sp³-hybridized carbons (Fsp3) is 0.611. The molecule has 0 unspecified atom stereocenters. The van der Waals surface area contributed by atoms with Crippen LogP contribution in [0.3, 0.4) is 0 Å². The van der Waals surface area contributed by atoms with Gasteiger partial charge in [0.15, 0.2) is 11.5 Å². The van der Waals surface area contributed by atoms with Crippen molar-refractivity contribution in [2.45, 2.75) is 44.9 Å². The van der Waals surface area contributed by atoms with Crippen LogP contribution in [0.15, 0.2) is 12.1 Å². The number of methoxy groups -OCH3 is 2. The van der Waals surface area contributed by atoms with E-state index in [0.29, 0.717) is 12.2 Å². The van der Waals surface area contributed by atoms with Crippen LogP contribution in [0.2, 0.25) is 0 Å². The number of hydrogen-bond acceptors (Lipinski definition) is 5. The van der Waals surface area contributed by atoms with E-state index < -0.39 is 5.97 Å². The van der Waals surface area contributed by atoms with Crippen molar-refractivity contribution >= 4 is 5.97 Å². The highest BCUT2D eigenvalue weighted by Crippen LogP contribution is 2.37. The summed E-state index contributed by atoms with van der Waals surface area (Å²) in [5.74, 6) is 0.627. The van der Waals surface area contributed by atoms with Crippen molar-refractivity contribution < 1.29 is 24.1 Å². The molecule has 0 aromatic heterocycles. The molecule has 1 fully saturated rings. The highest BCUT2D eigenvalue weighted by molar-refractivity contribution is 5.91. The number of carbonyl (C=O) groups excluding carboxylic acids is 1. The molecule has 0 saturated heterocycles. The summed E-state index contributed by atoms with van der Waals surface area (Å²) in [5, 5.41) is 9.85. The van der Waals surface area contributed by atoms with Crippen LogP contribution in [0.25, 0.3) is 0 Å². The number of ether oxygens (including phenoxy) is 3. The van der Waals surface area contributed by atoms with E-state index in [1.54, 1.807) is 0 Å². The summed E-state index contributed by atoms with van der Waals surface area (Å²) in [6.07, 6.45) is 8.64. The van der Waals surface area contributed by atoms with Crippen LogP contribution in [0.1, 0.15) is 55.3 Å². The smallest absolute Gasteiger partial charge is 0.338 e. The molecule has 1 aromatic carbocycles. The first-order valence-electron chi connectivity index (χ1n) is 8.27. The SMILES string of the molecule is COc1cc(C(=O)OCCCC2CCCCC2)cc(OC)c1O. The van der Waals surface area contributed by atoms with Gasteiger partial charge in [-0.05, 0) is 30.9 Å². The van der Waals surface area contributed by atoms with Crippen LogP contribution < -0.4 is 9.47 Å². The van der Waals surface area contributed by atoms with E-state index in [1.807, 2.05) is 0 Å². The van der Waals surface area contributed by atoms with Gasteiger partial charge in [-0.1, -0.05) is 32.1 Å². The number of phenolic OH excluding ortho intramolecular Hbond substituents is 1. The molecule has 1 aliphatic rings. The summed E-state index contributed by atoms with van der Waals surface area (Å²) in [5.41, 5.74) is 0.314. The largest absolute Gasteiger partial charge is 0.502 e. The van der Waals surface area contributed by atoms with Gasteiger partial charge < -0.3 is 19.3 Å². The average molecular weight is 322 g/mol. The quantitative estimate of drug-likeness (QED) is 0.609. The van der Waals surface area contributed by atoms with Crippen molar-refractivity contribution in [3.63, 3.8) is 0 Å². The normalized spacial score (nSPS) is 15.2. The van der Waals surface area contributed by atoms with E-state index in [2.05, 4.69) is 0 Å². The lowest BCUT2D eigenvalue weighted by Gasteiger charge is -2.21. The second-order valence-corrected chi connectivity index (χ2v) is 6.01. The Hall–Kier alpha value is -1.91. The molecule has 0 heterocycles. The maximum absolute atomic E-state index is 12.1. The molecular formula is C18H26O5. The van der Waals surface area contributed by atoms with Crippen LogP contribution in [-0.4, -0.2) is 31.9 Å². The average Bonchev–Trinajstić information content (AvgIpc) is 2.59. The molecule has 1 saturated carbocycles. The third-order valence-electron chi connectivity index (χ3n) is 4.43. The lowest BCUT2D eigenvalue weighted by molar-refractivity contribution is 0.0490. The van der Waals surface area contributed by atoms with E-state index in [0.717, 1.165) is 18.8 Å². The van der Waals surface area contributed by atoms with Crippen molar-refractivity contribution in [2.75, 3.05) is 20.8 Å². The predicted molar refractivity (Wildman–Crippen MR) is 87.3 cm³/mol. The first-order chi connectivity index (χ1) is 11.2. The molecule has 5 heteroatoms. The minimum absolute atomic E-state index is 0.121. The summed E-state index contributed by atoms with van der Waals surface area (Å²) >= 11 is 0. The molecule has 5 nitrogen and oxygen atoms in total. The molecule has 128 valence electrons. The Labute approximate surface area is 137 Å². The highest BCUT2D eigenvalue weighted by atomic mass is 16.5. The number of esters is 1. The monoisotopic (exact) mass is 322 g/mol. The zero-order chi connectivity index (χ0) is 16.7. The Morgan fingerprint density at radius 2 is 1.74 bits per heavy atom. The van der Waals surface area contributed by atoms with Gasteiger partial charge in [-0.3, -0.25) is 0 Å². The summed E-state index contributed by atoms with van der Waals surface area (Å²) in [7, 11) is 2.85. The molecule has 1 N–H and O–H groups in total. The molecule has 0 bridgehead atoms. The topological polar surface area (TPSA) is 65.0 Å². The van der Waals surface area contributed by atoms with Crippen molar-refractivity contribution in [1.82, 2.24) is 0 Å². The summed E-state index contributed by atoms with van der Waals surface area (Å²) < 4.78 is 15.4. The number of carbonyl (C=O) groups is 1. The van der Waals surface area contributed by atoms with Crippen molar-refractivity contribution in [3.05, 3.63) is 17.7 Å². The van der Waals surface area contributed by atoms with Gasteiger partial charge in [-0.25, -0.2) is 4.79 Å². The minimum Gasteiger partial charge on any atom is -0.502 e. The van der Waals surface area contributed by atoms with Gasteiger partial charge in [0, 0.05) is 0 Å². The second kappa shape index (κ2) is 8.65. The van der Waals surface area contributed by atoms with Crippen LogP contribution >= 0.6 is 0 Å². The molecule has 0 spiro atoms. The van der Waals surface area contributed by atoms with E-state index in [4.69, 9.17) is 14.2 Å². The third kappa shape index (κ3) is 4.78. The lowest BCUT2D eigenvalue weighted by atomic mass is 9.86. The van der Waals surface area contributed by atoms with Gasteiger partial charge in [0.1, 0.15) is 0 Å². The molecule has 1 aliphatic carbocycles. The molecule has 1 aromatic rings. The molecular weight excluding hydrogens is 296 g/mol. The van der Waals surface area contributed by atoms with Crippen molar-refractivity contribution in [3.8, 4) is 17.2 Å². The number of aromatic hydroxyl groups is 1. The van der Waals surface area contributed by atoms with Gasteiger partial charge in [-0.2, -0.15) is 0 Å². The number of benzene rings is 1. The standard InChI is InChI=1S/C18H26O5/c1-21-15-11-14(12-16(22-2)17(15)19)18(20)23-10-6-9-13-7-4-3-5-8-13/h11-13,19H,3-10H2,1-2H3. The Bertz CT molecular complexity index is 495. The van der Waals surface area contributed by atoms with Gasteiger partial charge >= 0.3 is 5.97 Å². The number of phenols is 1. The lowest BCUT2D eigenvalue weighted by Crippen LogP contribution is -2.10. The Kier molecular flexibility index (Phi) is 6.56. The fourth-order valence-corrected chi connectivity index (χ4v) is 3.11. The van der Waals surface area contributed by atoms with Crippen LogP contribution in [0.5, 0.6) is 17.2 Å². The van der Waals surface area contributed by atoms with Crippen molar-refractivity contribution in [2.24, 2.45) is 5.92 Å². The molecule has 0 aliphatic heterocycles.